The van der Waals surface area contributed by atoms with Crippen molar-refractivity contribution >= 4 is 22.2 Å². The van der Waals surface area contributed by atoms with Crippen molar-refractivity contribution in [3.8, 4) is 11.3 Å². The summed E-state index contributed by atoms with van der Waals surface area (Å²) in [6.45, 7) is 13.3. The molecule has 0 bridgehead atoms. The van der Waals surface area contributed by atoms with E-state index in [1.165, 1.54) is 16.8 Å². The Labute approximate surface area is 168 Å². The van der Waals surface area contributed by atoms with Crippen LogP contribution < -0.4 is 10.3 Å². The van der Waals surface area contributed by atoms with Crippen LogP contribution in [0.5, 0.6) is 0 Å². The molecular formula is C25H30N2O. The van der Waals surface area contributed by atoms with Gasteiger partial charge in [0.1, 0.15) is 11.3 Å². The first-order chi connectivity index (χ1) is 13.7. The van der Waals surface area contributed by atoms with E-state index in [-0.39, 0.29) is 0 Å². The zero-order valence-corrected chi connectivity index (χ0v) is 17.6. The van der Waals surface area contributed by atoms with E-state index in [1.54, 1.807) is 0 Å². The van der Waals surface area contributed by atoms with Gasteiger partial charge in [-0.05, 0) is 64.5 Å². The predicted molar refractivity (Wildman–Crippen MR) is 121 cm³/mol. The number of hydrogen-bond donors (Lipinski definition) is 0. The van der Waals surface area contributed by atoms with Crippen LogP contribution in [0.2, 0.25) is 0 Å². The molecule has 3 rings (SSSR count). The number of nitrogens with zero attached hydrogens (tertiary/aromatic N) is 2. The Morgan fingerprint density at radius 3 is 2.46 bits per heavy atom. The quantitative estimate of drug-likeness (QED) is 0.375. The summed E-state index contributed by atoms with van der Waals surface area (Å²) >= 11 is 0. The number of benzene rings is 2. The maximum atomic E-state index is 6.39. The summed E-state index contributed by atoms with van der Waals surface area (Å²) in [6.07, 6.45) is 6.41. The largest absolute Gasteiger partial charge is 0.456 e. The fourth-order valence-corrected chi connectivity index (χ4v) is 3.75. The first-order valence-corrected chi connectivity index (χ1v) is 10.2. The molecule has 1 heterocycles. The molecule has 28 heavy (non-hydrogen) atoms. The van der Waals surface area contributed by atoms with Crippen molar-refractivity contribution in [1.29, 1.82) is 0 Å². The second-order valence-corrected chi connectivity index (χ2v) is 6.73. The molecule has 0 amide bonds. The summed E-state index contributed by atoms with van der Waals surface area (Å²) in [6, 6.07) is 12.8. The van der Waals surface area contributed by atoms with E-state index in [0.29, 0.717) is 0 Å². The van der Waals surface area contributed by atoms with Gasteiger partial charge in [-0.2, -0.15) is 0 Å². The third-order valence-electron chi connectivity index (χ3n) is 5.10. The summed E-state index contributed by atoms with van der Waals surface area (Å²) in [7, 11) is 0. The van der Waals surface area contributed by atoms with Crippen LogP contribution in [-0.2, 0) is 0 Å². The Bertz CT molecular complexity index is 1050. The highest BCUT2D eigenvalue weighted by Gasteiger charge is 2.18. The highest BCUT2D eigenvalue weighted by molar-refractivity contribution is 6.01. The van der Waals surface area contributed by atoms with Crippen LogP contribution >= 0.6 is 0 Å². The first kappa shape index (κ1) is 19.9. The molecule has 0 radical (unpaired) electrons. The lowest BCUT2D eigenvalue weighted by molar-refractivity contribution is 0.617. The Hall–Kier alpha value is -2.81. The Morgan fingerprint density at radius 1 is 1.04 bits per heavy atom. The lowest BCUT2D eigenvalue weighted by Gasteiger charge is -2.22. The summed E-state index contributed by atoms with van der Waals surface area (Å²) < 4.78 is 6.39. The van der Waals surface area contributed by atoms with Gasteiger partial charge in [-0.25, -0.2) is 0 Å². The van der Waals surface area contributed by atoms with Gasteiger partial charge in [-0.3, -0.25) is 4.99 Å². The molecule has 0 atom stereocenters. The molecule has 146 valence electrons. The van der Waals surface area contributed by atoms with E-state index in [2.05, 4.69) is 92.2 Å². The van der Waals surface area contributed by atoms with Crippen LogP contribution in [0.25, 0.3) is 27.9 Å². The summed E-state index contributed by atoms with van der Waals surface area (Å²) in [4.78, 5) is 6.88. The highest BCUT2D eigenvalue weighted by atomic mass is 16.3. The third-order valence-corrected chi connectivity index (χ3v) is 5.10. The molecule has 0 unspecified atom stereocenters. The molecule has 1 aliphatic carbocycles. The number of rotatable bonds is 6. The van der Waals surface area contributed by atoms with Crippen LogP contribution in [0.15, 0.2) is 64.0 Å². The molecule has 1 aromatic rings. The molecule has 0 N–H and O–H groups in total. The van der Waals surface area contributed by atoms with Crippen molar-refractivity contribution in [3.05, 3.63) is 65.5 Å². The molecular weight excluding hydrogens is 344 g/mol. The maximum Gasteiger partial charge on any atom is 0.137 e. The number of hydrogen-bond acceptors (Lipinski definition) is 3. The van der Waals surface area contributed by atoms with Crippen LogP contribution in [0.1, 0.15) is 40.2 Å². The fourth-order valence-electron chi connectivity index (χ4n) is 3.75. The van der Waals surface area contributed by atoms with E-state index in [0.717, 1.165) is 47.3 Å². The van der Waals surface area contributed by atoms with E-state index in [1.807, 2.05) is 6.92 Å². The Morgan fingerprint density at radius 2 is 1.82 bits per heavy atom. The second kappa shape index (κ2) is 8.92. The SMILES string of the molecule is C/C=C/C(=C\C)c1c2ccc(=NCC)cc-2oc2cc(N(CC)CC)ccc12. The van der Waals surface area contributed by atoms with E-state index in [4.69, 9.17) is 4.42 Å². The highest BCUT2D eigenvalue weighted by Crippen LogP contribution is 2.38. The molecule has 1 aliphatic heterocycles. The second-order valence-electron chi connectivity index (χ2n) is 6.73. The van der Waals surface area contributed by atoms with Crippen molar-refractivity contribution in [2.75, 3.05) is 24.5 Å². The molecule has 0 saturated heterocycles. The van der Waals surface area contributed by atoms with Gasteiger partial charge >= 0.3 is 0 Å². The average molecular weight is 375 g/mol. The Kier molecular flexibility index (Phi) is 6.35. The number of anilines is 1. The van der Waals surface area contributed by atoms with Crippen molar-refractivity contribution in [2.24, 2.45) is 4.99 Å². The molecule has 2 aliphatic rings. The smallest absolute Gasteiger partial charge is 0.137 e. The van der Waals surface area contributed by atoms with E-state index >= 15 is 0 Å². The van der Waals surface area contributed by atoms with Crippen LogP contribution in [0.4, 0.5) is 5.69 Å². The number of fused-ring (bicyclic) bond motifs is 2. The minimum Gasteiger partial charge on any atom is -0.456 e. The molecule has 1 aromatic carbocycles. The molecule has 0 saturated carbocycles. The van der Waals surface area contributed by atoms with Gasteiger partial charge in [0.15, 0.2) is 0 Å². The molecule has 3 heteroatoms. The summed E-state index contributed by atoms with van der Waals surface area (Å²) in [5, 5.41) is 2.09. The van der Waals surface area contributed by atoms with Crippen LogP contribution in [-0.4, -0.2) is 19.6 Å². The fraction of sp³-hybridized carbons (Fsp3) is 0.320. The average Bonchev–Trinajstić information content (AvgIpc) is 2.71. The van der Waals surface area contributed by atoms with Crippen molar-refractivity contribution < 1.29 is 4.42 Å². The van der Waals surface area contributed by atoms with Crippen molar-refractivity contribution in [2.45, 2.75) is 34.6 Å². The van der Waals surface area contributed by atoms with Gasteiger partial charge in [0.05, 0.1) is 5.36 Å². The van der Waals surface area contributed by atoms with Crippen LogP contribution in [0.3, 0.4) is 0 Å². The minimum absolute atomic E-state index is 0.761. The van der Waals surface area contributed by atoms with E-state index in [9.17, 15) is 0 Å². The van der Waals surface area contributed by atoms with Gasteiger partial charge in [0, 0.05) is 54.0 Å². The van der Waals surface area contributed by atoms with Crippen LogP contribution in [0, 0.1) is 0 Å². The monoisotopic (exact) mass is 374 g/mol. The topological polar surface area (TPSA) is 28.7 Å². The molecule has 0 aromatic heterocycles. The minimum atomic E-state index is 0.761. The lowest BCUT2D eigenvalue weighted by Crippen LogP contribution is -2.21. The first-order valence-electron chi connectivity index (χ1n) is 10.2. The van der Waals surface area contributed by atoms with Gasteiger partial charge in [0.2, 0.25) is 0 Å². The van der Waals surface area contributed by atoms with E-state index < -0.39 is 0 Å². The number of allylic oxidation sites excluding steroid dienone is 4. The van der Waals surface area contributed by atoms with Gasteiger partial charge in [-0.15, -0.1) is 0 Å². The van der Waals surface area contributed by atoms with Crippen molar-refractivity contribution in [3.63, 3.8) is 0 Å². The lowest BCUT2D eigenvalue weighted by atomic mass is 9.93. The zero-order chi connectivity index (χ0) is 20.1. The molecule has 0 spiro atoms. The van der Waals surface area contributed by atoms with Gasteiger partial charge < -0.3 is 9.32 Å². The normalized spacial score (nSPS) is 13.2. The zero-order valence-electron chi connectivity index (χ0n) is 17.6. The maximum absolute atomic E-state index is 6.39. The van der Waals surface area contributed by atoms with Gasteiger partial charge in [0.25, 0.3) is 0 Å². The predicted octanol–water partition coefficient (Wildman–Crippen LogP) is 6.28. The third kappa shape index (κ3) is 3.75. The Balaban J connectivity index is 2.39. The molecule has 0 fully saturated rings. The standard InChI is InChI=1S/C25H30N2O/c1-6-11-18(7-2)25-21-14-12-19(26-8-3)16-23(21)28-24-17-20(13-15-22(24)25)27(9-4)10-5/h6-7,11-17H,8-10H2,1-5H3/b11-6+,18-7+,26-19?. The van der Waals surface area contributed by atoms with Crippen molar-refractivity contribution in [1.82, 2.24) is 0 Å². The molecule has 3 nitrogen and oxygen atoms in total. The van der Waals surface area contributed by atoms with Gasteiger partial charge in [-0.1, -0.05) is 18.2 Å². The summed E-state index contributed by atoms with van der Waals surface area (Å²) in [5.41, 5.74) is 5.62. The summed E-state index contributed by atoms with van der Waals surface area (Å²) in [5.74, 6) is 0.873.